The van der Waals surface area contributed by atoms with Gasteiger partial charge in [-0.05, 0) is 18.1 Å². The van der Waals surface area contributed by atoms with E-state index in [2.05, 4.69) is 15.4 Å². The Morgan fingerprint density at radius 3 is 2.75 bits per heavy atom. The molecule has 0 radical (unpaired) electrons. The van der Waals surface area contributed by atoms with Crippen molar-refractivity contribution in [1.82, 2.24) is 20.2 Å². The molecular weight excluding hydrogens is 156 g/mol. The van der Waals surface area contributed by atoms with Crippen LogP contribution in [0.25, 0.3) is 0 Å². The van der Waals surface area contributed by atoms with Crippen molar-refractivity contribution in [2.45, 2.75) is 38.3 Å². The SMILES string of the molecule is OCc1nnn(C2CCCC2)n1. The predicted molar refractivity (Wildman–Crippen MR) is 41.2 cm³/mol. The summed E-state index contributed by atoms with van der Waals surface area (Å²) >= 11 is 0. The van der Waals surface area contributed by atoms with Gasteiger partial charge in [-0.2, -0.15) is 4.80 Å². The van der Waals surface area contributed by atoms with Crippen LogP contribution in [-0.2, 0) is 6.61 Å². The van der Waals surface area contributed by atoms with Crippen molar-refractivity contribution in [3.05, 3.63) is 5.82 Å². The van der Waals surface area contributed by atoms with E-state index in [0.717, 1.165) is 12.8 Å². The Hall–Kier alpha value is -0.970. The lowest BCUT2D eigenvalue weighted by Gasteiger charge is -2.04. The molecule has 1 aromatic heterocycles. The molecule has 2 rings (SSSR count). The van der Waals surface area contributed by atoms with E-state index in [0.29, 0.717) is 11.9 Å². The molecule has 1 aliphatic rings. The topological polar surface area (TPSA) is 63.8 Å². The molecule has 0 aromatic carbocycles. The zero-order valence-corrected chi connectivity index (χ0v) is 6.85. The molecule has 5 heteroatoms. The highest BCUT2D eigenvalue weighted by molar-refractivity contribution is 4.75. The lowest BCUT2D eigenvalue weighted by atomic mass is 10.3. The molecule has 0 bridgehead atoms. The first-order valence-electron chi connectivity index (χ1n) is 4.29. The first-order chi connectivity index (χ1) is 5.90. The van der Waals surface area contributed by atoms with Gasteiger partial charge in [0.05, 0.1) is 6.04 Å². The molecule has 0 amide bonds. The number of aromatic nitrogens is 4. The van der Waals surface area contributed by atoms with E-state index < -0.39 is 0 Å². The van der Waals surface area contributed by atoms with Crippen LogP contribution in [0.15, 0.2) is 0 Å². The smallest absolute Gasteiger partial charge is 0.200 e. The van der Waals surface area contributed by atoms with Gasteiger partial charge in [0.2, 0.25) is 0 Å². The van der Waals surface area contributed by atoms with Gasteiger partial charge in [-0.3, -0.25) is 0 Å². The fourth-order valence-corrected chi connectivity index (χ4v) is 1.61. The maximum Gasteiger partial charge on any atom is 0.200 e. The van der Waals surface area contributed by atoms with Gasteiger partial charge < -0.3 is 5.11 Å². The van der Waals surface area contributed by atoms with Gasteiger partial charge in [0.1, 0.15) is 6.61 Å². The minimum absolute atomic E-state index is 0.118. The number of hydrogen-bond donors (Lipinski definition) is 1. The van der Waals surface area contributed by atoms with Gasteiger partial charge >= 0.3 is 0 Å². The molecular formula is C7H12N4O. The van der Waals surface area contributed by atoms with Gasteiger partial charge in [-0.1, -0.05) is 12.8 Å². The molecule has 0 spiro atoms. The summed E-state index contributed by atoms with van der Waals surface area (Å²) in [5.41, 5.74) is 0. The molecule has 1 N–H and O–H groups in total. The maximum atomic E-state index is 8.72. The van der Waals surface area contributed by atoms with Gasteiger partial charge in [0, 0.05) is 0 Å². The summed E-state index contributed by atoms with van der Waals surface area (Å²) < 4.78 is 0. The summed E-state index contributed by atoms with van der Waals surface area (Å²) in [5, 5.41) is 20.4. The largest absolute Gasteiger partial charge is 0.388 e. The summed E-state index contributed by atoms with van der Waals surface area (Å²) in [6, 6.07) is 0.415. The molecule has 1 aliphatic carbocycles. The van der Waals surface area contributed by atoms with E-state index in [1.54, 1.807) is 4.80 Å². The molecule has 12 heavy (non-hydrogen) atoms. The molecule has 1 aromatic rings. The van der Waals surface area contributed by atoms with E-state index in [1.165, 1.54) is 12.8 Å². The summed E-state index contributed by atoms with van der Waals surface area (Å²) in [6.07, 6.45) is 4.78. The van der Waals surface area contributed by atoms with Crippen LogP contribution in [0.2, 0.25) is 0 Å². The minimum Gasteiger partial charge on any atom is -0.388 e. The molecule has 0 saturated heterocycles. The standard InChI is InChI=1S/C7H12N4O/c12-5-7-8-10-11(9-7)6-3-1-2-4-6/h6,12H,1-5H2. The predicted octanol–water partition coefficient (Wildman–Crippen LogP) is 0.280. The fourth-order valence-electron chi connectivity index (χ4n) is 1.61. The van der Waals surface area contributed by atoms with E-state index in [-0.39, 0.29) is 6.61 Å². The molecule has 1 saturated carbocycles. The Morgan fingerprint density at radius 1 is 1.42 bits per heavy atom. The summed E-state index contributed by atoms with van der Waals surface area (Å²) in [7, 11) is 0. The van der Waals surface area contributed by atoms with Crippen molar-refractivity contribution in [2.75, 3.05) is 0 Å². The van der Waals surface area contributed by atoms with Crippen LogP contribution < -0.4 is 0 Å². The summed E-state index contributed by atoms with van der Waals surface area (Å²) in [6.45, 7) is -0.118. The fraction of sp³-hybridized carbons (Fsp3) is 0.857. The Labute approximate surface area is 70.4 Å². The zero-order valence-electron chi connectivity index (χ0n) is 6.85. The van der Waals surface area contributed by atoms with E-state index >= 15 is 0 Å². The second-order valence-corrected chi connectivity index (χ2v) is 3.12. The number of hydrogen-bond acceptors (Lipinski definition) is 4. The van der Waals surface area contributed by atoms with E-state index in [9.17, 15) is 0 Å². The normalized spacial score (nSPS) is 18.8. The lowest BCUT2D eigenvalue weighted by molar-refractivity contribution is 0.269. The van der Waals surface area contributed by atoms with Crippen molar-refractivity contribution in [1.29, 1.82) is 0 Å². The van der Waals surface area contributed by atoms with Gasteiger partial charge in [-0.15, -0.1) is 10.2 Å². The van der Waals surface area contributed by atoms with Gasteiger partial charge in [0.25, 0.3) is 0 Å². The number of aliphatic hydroxyl groups is 1. The summed E-state index contributed by atoms with van der Waals surface area (Å²) in [5.74, 6) is 0.418. The summed E-state index contributed by atoms with van der Waals surface area (Å²) in [4.78, 5) is 1.64. The lowest BCUT2D eigenvalue weighted by Crippen LogP contribution is -2.08. The average molecular weight is 168 g/mol. The van der Waals surface area contributed by atoms with Crippen LogP contribution >= 0.6 is 0 Å². The number of nitrogens with zero attached hydrogens (tertiary/aromatic N) is 4. The highest BCUT2D eigenvalue weighted by atomic mass is 16.3. The van der Waals surface area contributed by atoms with E-state index in [4.69, 9.17) is 5.11 Å². The number of aliphatic hydroxyl groups excluding tert-OH is 1. The molecule has 0 aliphatic heterocycles. The molecule has 0 atom stereocenters. The van der Waals surface area contributed by atoms with Crippen LogP contribution in [0.4, 0.5) is 0 Å². The third-order valence-corrected chi connectivity index (χ3v) is 2.26. The van der Waals surface area contributed by atoms with E-state index in [1.807, 2.05) is 0 Å². The first-order valence-corrected chi connectivity index (χ1v) is 4.29. The van der Waals surface area contributed by atoms with Crippen molar-refractivity contribution in [2.24, 2.45) is 0 Å². The first kappa shape index (κ1) is 7.67. The Balaban J connectivity index is 2.11. The Bertz CT molecular complexity index is 254. The van der Waals surface area contributed by atoms with Crippen molar-refractivity contribution in [3.8, 4) is 0 Å². The Kier molecular flexibility index (Phi) is 2.03. The van der Waals surface area contributed by atoms with Crippen LogP contribution in [-0.4, -0.2) is 25.3 Å². The number of tetrazole rings is 1. The Morgan fingerprint density at radius 2 is 2.17 bits per heavy atom. The monoisotopic (exact) mass is 168 g/mol. The van der Waals surface area contributed by atoms with Crippen molar-refractivity contribution < 1.29 is 5.11 Å². The quantitative estimate of drug-likeness (QED) is 0.689. The second-order valence-electron chi connectivity index (χ2n) is 3.12. The van der Waals surface area contributed by atoms with Crippen LogP contribution in [0.5, 0.6) is 0 Å². The van der Waals surface area contributed by atoms with Crippen molar-refractivity contribution >= 4 is 0 Å². The number of rotatable bonds is 2. The molecule has 1 fully saturated rings. The highest BCUT2D eigenvalue weighted by Crippen LogP contribution is 2.27. The highest BCUT2D eigenvalue weighted by Gasteiger charge is 2.19. The van der Waals surface area contributed by atoms with Crippen LogP contribution in [0.3, 0.4) is 0 Å². The second kappa shape index (κ2) is 3.18. The van der Waals surface area contributed by atoms with Crippen LogP contribution in [0, 0.1) is 0 Å². The maximum absolute atomic E-state index is 8.72. The molecule has 66 valence electrons. The molecule has 5 nitrogen and oxygen atoms in total. The van der Waals surface area contributed by atoms with Gasteiger partial charge in [-0.25, -0.2) is 0 Å². The third-order valence-electron chi connectivity index (χ3n) is 2.26. The third kappa shape index (κ3) is 1.32. The van der Waals surface area contributed by atoms with Crippen molar-refractivity contribution in [3.63, 3.8) is 0 Å². The molecule has 0 unspecified atom stereocenters. The van der Waals surface area contributed by atoms with Gasteiger partial charge in [0.15, 0.2) is 5.82 Å². The molecule has 1 heterocycles. The zero-order chi connectivity index (χ0) is 8.39. The minimum atomic E-state index is -0.118. The average Bonchev–Trinajstić information content (AvgIpc) is 2.75. The van der Waals surface area contributed by atoms with Crippen LogP contribution in [0.1, 0.15) is 37.5 Å².